The van der Waals surface area contributed by atoms with Gasteiger partial charge in [0.1, 0.15) is 0 Å². The van der Waals surface area contributed by atoms with Crippen LogP contribution in [0.3, 0.4) is 0 Å². The topological polar surface area (TPSA) is 78.6 Å². The number of nitrogens with one attached hydrogen (secondary N) is 2. The number of aliphatic imine (C=N–C) groups is 1. The fourth-order valence-corrected chi connectivity index (χ4v) is 3.15. The summed E-state index contributed by atoms with van der Waals surface area (Å²) >= 11 is 6.10. The zero-order chi connectivity index (χ0) is 19.4. The van der Waals surface area contributed by atoms with Crippen LogP contribution in [0, 0.1) is 0 Å². The van der Waals surface area contributed by atoms with Crippen LogP contribution in [0.25, 0.3) is 0 Å². The third-order valence-corrected chi connectivity index (χ3v) is 4.68. The van der Waals surface area contributed by atoms with Crippen molar-refractivity contribution in [3.63, 3.8) is 0 Å². The van der Waals surface area contributed by atoms with Gasteiger partial charge in [0.15, 0.2) is 11.8 Å². The van der Waals surface area contributed by atoms with E-state index in [0.29, 0.717) is 24.3 Å². The van der Waals surface area contributed by atoms with E-state index in [1.54, 1.807) is 7.05 Å². The van der Waals surface area contributed by atoms with Gasteiger partial charge in [-0.3, -0.25) is 4.99 Å². The first kappa shape index (κ1) is 22.7. The minimum absolute atomic E-state index is 0. The second-order valence-corrected chi connectivity index (χ2v) is 8.18. The summed E-state index contributed by atoms with van der Waals surface area (Å²) in [4.78, 5) is 11.1. The van der Waals surface area contributed by atoms with E-state index in [4.69, 9.17) is 16.1 Å². The highest BCUT2D eigenvalue weighted by molar-refractivity contribution is 14.0. The molecular formula is C19H28ClIN6O. The Morgan fingerprint density at radius 1 is 1.39 bits per heavy atom. The molecular weight excluding hydrogens is 491 g/mol. The van der Waals surface area contributed by atoms with Crippen molar-refractivity contribution in [3.8, 4) is 0 Å². The summed E-state index contributed by atoms with van der Waals surface area (Å²) in [7, 11) is 1.76. The SMILES string of the molecule is CN=C(NCc1noc(C(C)(C)C)n1)NC1CCN(c2cccc(Cl)c2)C1.I. The van der Waals surface area contributed by atoms with Crippen LogP contribution in [0.4, 0.5) is 5.69 Å². The van der Waals surface area contributed by atoms with Crippen molar-refractivity contribution in [1.29, 1.82) is 0 Å². The molecule has 154 valence electrons. The molecule has 2 N–H and O–H groups in total. The predicted octanol–water partition coefficient (Wildman–Crippen LogP) is 3.58. The molecule has 0 aliphatic carbocycles. The first-order chi connectivity index (χ1) is 12.8. The van der Waals surface area contributed by atoms with Crippen molar-refractivity contribution in [1.82, 2.24) is 20.8 Å². The first-order valence-corrected chi connectivity index (χ1v) is 9.53. The number of hydrogen-bond acceptors (Lipinski definition) is 5. The second-order valence-electron chi connectivity index (χ2n) is 7.75. The molecule has 1 aliphatic heterocycles. The lowest BCUT2D eigenvalue weighted by atomic mass is 9.97. The Morgan fingerprint density at radius 2 is 2.18 bits per heavy atom. The van der Waals surface area contributed by atoms with Gasteiger partial charge in [-0.1, -0.05) is 43.6 Å². The number of halogens is 2. The molecule has 0 radical (unpaired) electrons. The maximum Gasteiger partial charge on any atom is 0.232 e. The summed E-state index contributed by atoms with van der Waals surface area (Å²) < 4.78 is 5.32. The molecule has 1 fully saturated rings. The van der Waals surface area contributed by atoms with E-state index in [0.717, 1.165) is 36.2 Å². The van der Waals surface area contributed by atoms with Crippen molar-refractivity contribution in [2.75, 3.05) is 25.0 Å². The van der Waals surface area contributed by atoms with Gasteiger partial charge in [-0.2, -0.15) is 4.98 Å². The minimum Gasteiger partial charge on any atom is -0.369 e. The highest BCUT2D eigenvalue weighted by Crippen LogP contribution is 2.23. The molecule has 1 aromatic carbocycles. The maximum absolute atomic E-state index is 6.10. The molecule has 1 saturated heterocycles. The first-order valence-electron chi connectivity index (χ1n) is 9.16. The molecule has 1 aliphatic rings. The van der Waals surface area contributed by atoms with Gasteiger partial charge in [0.05, 0.1) is 6.54 Å². The Labute approximate surface area is 188 Å². The van der Waals surface area contributed by atoms with Gasteiger partial charge in [-0.05, 0) is 24.6 Å². The normalized spacial score (nSPS) is 17.4. The quantitative estimate of drug-likeness (QED) is 0.366. The summed E-state index contributed by atoms with van der Waals surface area (Å²) in [6.45, 7) is 8.48. The second kappa shape index (κ2) is 9.78. The number of hydrogen-bond donors (Lipinski definition) is 2. The molecule has 7 nitrogen and oxygen atoms in total. The van der Waals surface area contributed by atoms with Crippen LogP contribution >= 0.6 is 35.6 Å². The van der Waals surface area contributed by atoms with E-state index < -0.39 is 0 Å². The zero-order valence-corrected chi connectivity index (χ0v) is 19.8. The monoisotopic (exact) mass is 518 g/mol. The van der Waals surface area contributed by atoms with Gasteiger partial charge >= 0.3 is 0 Å². The van der Waals surface area contributed by atoms with Gasteiger partial charge in [-0.15, -0.1) is 24.0 Å². The molecule has 1 atom stereocenters. The van der Waals surface area contributed by atoms with E-state index in [9.17, 15) is 0 Å². The molecule has 1 unspecified atom stereocenters. The molecule has 0 spiro atoms. The molecule has 0 amide bonds. The molecule has 0 saturated carbocycles. The lowest BCUT2D eigenvalue weighted by molar-refractivity contribution is 0.318. The standard InChI is InChI=1S/C19H27ClN6O.HI/c1-19(2,3)17-24-16(25-27-17)11-22-18(21-4)23-14-8-9-26(12-14)15-7-5-6-13(20)10-15;/h5-7,10,14H,8-9,11-12H2,1-4H3,(H2,21,22,23);1H. The van der Waals surface area contributed by atoms with Crippen LogP contribution in [-0.4, -0.2) is 42.3 Å². The minimum atomic E-state index is -0.154. The summed E-state index contributed by atoms with van der Waals surface area (Å²) in [6.07, 6.45) is 1.03. The highest BCUT2D eigenvalue weighted by Gasteiger charge is 2.24. The summed E-state index contributed by atoms with van der Waals surface area (Å²) in [5.74, 6) is 1.99. The lowest BCUT2D eigenvalue weighted by Gasteiger charge is -2.20. The Morgan fingerprint density at radius 3 is 2.82 bits per heavy atom. The number of nitrogens with zero attached hydrogens (tertiary/aromatic N) is 4. The Bertz CT molecular complexity index is 804. The van der Waals surface area contributed by atoms with Crippen molar-refractivity contribution in [2.24, 2.45) is 4.99 Å². The van der Waals surface area contributed by atoms with Crippen molar-refractivity contribution in [3.05, 3.63) is 41.0 Å². The fraction of sp³-hybridized carbons (Fsp3) is 0.526. The van der Waals surface area contributed by atoms with E-state index in [1.807, 2.05) is 39.0 Å². The van der Waals surface area contributed by atoms with Crippen molar-refractivity contribution < 1.29 is 4.52 Å². The molecule has 9 heteroatoms. The van der Waals surface area contributed by atoms with E-state index in [1.165, 1.54) is 0 Å². The van der Waals surface area contributed by atoms with Crippen LogP contribution in [0.2, 0.25) is 5.02 Å². The van der Waals surface area contributed by atoms with Crippen molar-refractivity contribution >= 4 is 47.2 Å². The number of guanidine groups is 1. The molecule has 1 aromatic heterocycles. The van der Waals surface area contributed by atoms with E-state index in [-0.39, 0.29) is 29.4 Å². The number of rotatable bonds is 4. The Hall–Kier alpha value is -1.55. The number of aromatic nitrogens is 2. The average molecular weight is 519 g/mol. The smallest absolute Gasteiger partial charge is 0.232 e. The van der Waals surface area contributed by atoms with Gasteiger partial charge in [0.2, 0.25) is 5.89 Å². The van der Waals surface area contributed by atoms with Gasteiger partial charge in [0, 0.05) is 42.3 Å². The molecule has 0 bridgehead atoms. The zero-order valence-electron chi connectivity index (χ0n) is 16.7. The number of anilines is 1. The maximum atomic E-state index is 6.10. The van der Waals surface area contributed by atoms with Crippen LogP contribution in [-0.2, 0) is 12.0 Å². The Balaban J connectivity index is 0.00000280. The van der Waals surface area contributed by atoms with Crippen LogP contribution in [0.15, 0.2) is 33.8 Å². The summed E-state index contributed by atoms with van der Waals surface area (Å²) in [5, 5.41) is 11.5. The largest absolute Gasteiger partial charge is 0.369 e. The lowest BCUT2D eigenvalue weighted by Crippen LogP contribution is -2.44. The summed E-state index contributed by atoms with van der Waals surface area (Å²) in [5.41, 5.74) is 0.995. The van der Waals surface area contributed by atoms with Gasteiger partial charge in [0.25, 0.3) is 0 Å². The summed E-state index contributed by atoms with van der Waals surface area (Å²) in [6, 6.07) is 8.27. The third kappa shape index (κ3) is 5.97. The van der Waals surface area contributed by atoms with E-state index >= 15 is 0 Å². The molecule has 28 heavy (non-hydrogen) atoms. The average Bonchev–Trinajstić information content (AvgIpc) is 3.28. The fourth-order valence-electron chi connectivity index (χ4n) is 2.97. The van der Waals surface area contributed by atoms with Gasteiger partial charge in [-0.25, -0.2) is 0 Å². The molecule has 3 rings (SSSR count). The Kier molecular flexibility index (Phi) is 7.94. The van der Waals surface area contributed by atoms with Crippen LogP contribution in [0.5, 0.6) is 0 Å². The molecule has 2 aromatic rings. The van der Waals surface area contributed by atoms with Gasteiger partial charge < -0.3 is 20.1 Å². The number of benzene rings is 1. The van der Waals surface area contributed by atoms with Crippen molar-refractivity contribution in [2.45, 2.75) is 45.2 Å². The third-order valence-electron chi connectivity index (χ3n) is 4.45. The highest BCUT2D eigenvalue weighted by atomic mass is 127. The predicted molar refractivity (Wildman–Crippen MR) is 124 cm³/mol. The van der Waals surface area contributed by atoms with Crippen LogP contribution < -0.4 is 15.5 Å². The van der Waals surface area contributed by atoms with E-state index in [2.05, 4.69) is 36.7 Å². The van der Waals surface area contributed by atoms with Crippen LogP contribution in [0.1, 0.15) is 38.9 Å². The molecule has 2 heterocycles.